The molecule has 9 nitrogen and oxygen atoms in total. The molecule has 10 heteroatoms. The minimum absolute atomic E-state index is 0.0686. The maximum Gasteiger partial charge on any atom is 0.338 e. The van der Waals surface area contributed by atoms with Crippen molar-refractivity contribution in [2.45, 2.75) is 6.92 Å². The van der Waals surface area contributed by atoms with E-state index in [4.69, 9.17) is 14.6 Å². The summed E-state index contributed by atoms with van der Waals surface area (Å²) < 4.78 is 10.9. The normalized spacial score (nSPS) is 16.4. The number of fused-ring (bicyclic) bond motifs is 1. The van der Waals surface area contributed by atoms with Crippen molar-refractivity contribution in [2.24, 2.45) is 10.1 Å². The predicted octanol–water partition coefficient (Wildman–Crippen LogP) is 4.19. The van der Waals surface area contributed by atoms with Crippen molar-refractivity contribution in [3.8, 4) is 11.3 Å². The molecule has 4 heterocycles. The van der Waals surface area contributed by atoms with Crippen LogP contribution in [0.2, 0.25) is 0 Å². The summed E-state index contributed by atoms with van der Waals surface area (Å²) in [5.41, 5.74) is 2.05. The van der Waals surface area contributed by atoms with E-state index in [-0.39, 0.29) is 17.4 Å². The molecule has 2 aromatic heterocycles. The number of hydrogen-bond donors (Lipinski definition) is 1. The number of nitrogens with zero attached hydrogens (tertiary/aromatic N) is 4. The maximum absolute atomic E-state index is 12.6. The molecule has 2 aliphatic rings. The number of thioether (sulfide) groups is 1. The molecule has 1 amide bonds. The number of amidine groups is 2. The summed E-state index contributed by atoms with van der Waals surface area (Å²) in [6.45, 7) is 2.06. The number of ether oxygens (including phenoxy) is 1. The first kappa shape index (κ1) is 21.5. The minimum atomic E-state index is -0.539. The number of carbonyl (C=O) groups excluding carboxylic acids is 2. The Morgan fingerprint density at radius 2 is 2.00 bits per heavy atom. The van der Waals surface area contributed by atoms with Gasteiger partial charge in [0.1, 0.15) is 16.6 Å². The van der Waals surface area contributed by atoms with Gasteiger partial charge in [-0.3, -0.25) is 15.2 Å². The fourth-order valence-corrected chi connectivity index (χ4v) is 4.19. The summed E-state index contributed by atoms with van der Waals surface area (Å²) in [7, 11) is 0. The zero-order valence-electron chi connectivity index (χ0n) is 17.9. The number of carbonyl (C=O) groups is 2. The van der Waals surface area contributed by atoms with Gasteiger partial charge in [0.25, 0.3) is 5.91 Å². The third kappa shape index (κ3) is 4.06. The van der Waals surface area contributed by atoms with Crippen LogP contribution in [0.4, 0.5) is 0 Å². The molecule has 0 spiro atoms. The Morgan fingerprint density at radius 1 is 1.18 bits per heavy atom. The summed E-state index contributed by atoms with van der Waals surface area (Å²) in [4.78, 5) is 32.6. The van der Waals surface area contributed by atoms with Crippen molar-refractivity contribution >= 4 is 45.8 Å². The van der Waals surface area contributed by atoms with Crippen LogP contribution in [0.15, 0.2) is 81.0 Å². The third-order valence-corrected chi connectivity index (χ3v) is 5.91. The van der Waals surface area contributed by atoms with E-state index >= 15 is 0 Å². The predicted molar refractivity (Wildman–Crippen MR) is 128 cm³/mol. The number of aliphatic imine (C=N–C) groups is 1. The van der Waals surface area contributed by atoms with E-state index in [9.17, 15) is 9.59 Å². The Balaban J connectivity index is 1.38. The van der Waals surface area contributed by atoms with Gasteiger partial charge in [-0.25, -0.2) is 4.79 Å². The van der Waals surface area contributed by atoms with Gasteiger partial charge in [-0.1, -0.05) is 12.1 Å². The van der Waals surface area contributed by atoms with E-state index in [1.165, 1.54) is 22.8 Å². The summed E-state index contributed by atoms with van der Waals surface area (Å²) in [6.07, 6.45) is 4.80. The molecular weight excluding hydrogens is 454 g/mol. The van der Waals surface area contributed by atoms with Crippen molar-refractivity contribution in [2.75, 3.05) is 6.61 Å². The van der Waals surface area contributed by atoms with Crippen LogP contribution in [0.25, 0.3) is 17.4 Å². The van der Waals surface area contributed by atoms with Gasteiger partial charge in [0.15, 0.2) is 5.84 Å². The molecule has 3 aromatic rings. The lowest BCUT2D eigenvalue weighted by molar-refractivity contribution is -0.114. The average molecular weight is 471 g/mol. The Bertz CT molecular complexity index is 1390. The fraction of sp³-hybridized carbons (Fsp3) is 0.0833. The molecular formula is C24H17N5O4S. The highest BCUT2D eigenvalue weighted by molar-refractivity contribution is 8.27. The van der Waals surface area contributed by atoms with Crippen molar-refractivity contribution in [3.63, 3.8) is 0 Å². The Hall–Kier alpha value is -4.31. The van der Waals surface area contributed by atoms with E-state index in [1.807, 2.05) is 6.07 Å². The number of pyridine rings is 1. The molecule has 34 heavy (non-hydrogen) atoms. The standard InChI is InChI=1S/C24H17N5O4S/c1-2-32-23(31)15-7-5-14(6-8-15)19-10-9-17(33-19)12-18-20(25)29-24(27-21(18)30)34-22(28-29)16-4-3-11-26-13-16/h3-13,25H,2H2,1H3/b18-12-,25-20?. The molecule has 0 bridgehead atoms. The van der Waals surface area contributed by atoms with Crippen LogP contribution in [0.1, 0.15) is 28.6 Å². The summed E-state index contributed by atoms with van der Waals surface area (Å²) in [6, 6.07) is 13.9. The first-order valence-corrected chi connectivity index (χ1v) is 11.1. The van der Waals surface area contributed by atoms with Gasteiger partial charge in [0.05, 0.1) is 17.7 Å². The van der Waals surface area contributed by atoms with Crippen LogP contribution in [-0.2, 0) is 9.53 Å². The number of nitrogens with one attached hydrogen (secondary N) is 1. The van der Waals surface area contributed by atoms with Crippen molar-refractivity contribution in [1.29, 1.82) is 5.41 Å². The zero-order chi connectivity index (χ0) is 23.7. The van der Waals surface area contributed by atoms with E-state index in [1.54, 1.807) is 61.8 Å². The third-order valence-electron chi connectivity index (χ3n) is 4.96. The monoisotopic (exact) mass is 471 g/mol. The molecule has 1 aromatic carbocycles. The van der Waals surface area contributed by atoms with Crippen LogP contribution in [0.3, 0.4) is 0 Å². The fourth-order valence-electron chi connectivity index (χ4n) is 3.31. The number of amides is 1. The molecule has 0 saturated heterocycles. The molecule has 5 rings (SSSR count). The van der Waals surface area contributed by atoms with Gasteiger partial charge in [0, 0.05) is 23.5 Å². The number of benzene rings is 1. The van der Waals surface area contributed by atoms with E-state index in [0.29, 0.717) is 33.9 Å². The molecule has 168 valence electrons. The second-order valence-corrected chi connectivity index (χ2v) is 8.12. The largest absolute Gasteiger partial charge is 0.462 e. The van der Waals surface area contributed by atoms with Gasteiger partial charge in [0.2, 0.25) is 5.17 Å². The van der Waals surface area contributed by atoms with Gasteiger partial charge >= 0.3 is 5.97 Å². The van der Waals surface area contributed by atoms with Crippen LogP contribution in [-0.4, -0.2) is 44.5 Å². The molecule has 0 aliphatic carbocycles. The van der Waals surface area contributed by atoms with Crippen molar-refractivity contribution in [1.82, 2.24) is 9.99 Å². The summed E-state index contributed by atoms with van der Waals surface area (Å²) >= 11 is 1.21. The maximum atomic E-state index is 12.6. The smallest absolute Gasteiger partial charge is 0.338 e. The average Bonchev–Trinajstić information content (AvgIpc) is 3.50. The van der Waals surface area contributed by atoms with Gasteiger partial charge in [-0.05, 0) is 61.2 Å². The first-order valence-electron chi connectivity index (χ1n) is 10.3. The van der Waals surface area contributed by atoms with E-state index < -0.39 is 5.91 Å². The van der Waals surface area contributed by atoms with Crippen LogP contribution in [0, 0.1) is 5.41 Å². The summed E-state index contributed by atoms with van der Waals surface area (Å²) in [5.74, 6) is -0.0711. The van der Waals surface area contributed by atoms with Crippen molar-refractivity contribution in [3.05, 3.63) is 83.4 Å². The Labute approximate surface area is 198 Å². The summed E-state index contributed by atoms with van der Waals surface area (Å²) in [5, 5.41) is 15.2. The van der Waals surface area contributed by atoms with Crippen LogP contribution in [0.5, 0.6) is 0 Å². The molecule has 0 radical (unpaired) electrons. The Morgan fingerprint density at radius 3 is 2.74 bits per heavy atom. The minimum Gasteiger partial charge on any atom is -0.462 e. The number of hydrogen-bond acceptors (Lipinski definition) is 8. The molecule has 0 fully saturated rings. The molecule has 0 atom stereocenters. The molecule has 1 N–H and O–H groups in total. The quantitative estimate of drug-likeness (QED) is 0.437. The Kier molecular flexibility index (Phi) is 5.64. The number of hydrazone groups is 1. The second-order valence-electron chi connectivity index (χ2n) is 7.17. The zero-order valence-corrected chi connectivity index (χ0v) is 18.7. The SMILES string of the molecule is CCOC(=O)c1ccc(-c2ccc(/C=C3/C(=N)N4N=C(c5cccnc5)SC4=NC3=O)o2)cc1. The lowest BCUT2D eigenvalue weighted by Gasteiger charge is -2.19. The highest BCUT2D eigenvalue weighted by Crippen LogP contribution is 2.31. The van der Waals surface area contributed by atoms with Gasteiger partial charge in [-0.15, -0.1) is 0 Å². The van der Waals surface area contributed by atoms with E-state index in [2.05, 4.69) is 15.1 Å². The number of esters is 1. The lowest BCUT2D eigenvalue weighted by Crippen LogP contribution is -2.35. The molecule has 0 saturated carbocycles. The number of aromatic nitrogens is 1. The van der Waals surface area contributed by atoms with Crippen LogP contribution >= 0.6 is 11.8 Å². The molecule has 2 aliphatic heterocycles. The number of rotatable bonds is 5. The topological polar surface area (TPSA) is 121 Å². The highest BCUT2D eigenvalue weighted by atomic mass is 32.2. The van der Waals surface area contributed by atoms with Gasteiger partial charge in [-0.2, -0.15) is 15.1 Å². The highest BCUT2D eigenvalue weighted by Gasteiger charge is 2.36. The van der Waals surface area contributed by atoms with Crippen molar-refractivity contribution < 1.29 is 18.7 Å². The number of furan rings is 1. The second kappa shape index (κ2) is 8.91. The first-order chi connectivity index (χ1) is 16.5. The van der Waals surface area contributed by atoms with E-state index in [0.717, 1.165) is 11.1 Å². The van der Waals surface area contributed by atoms with Crippen LogP contribution < -0.4 is 0 Å². The van der Waals surface area contributed by atoms with Gasteiger partial charge < -0.3 is 9.15 Å². The lowest BCUT2D eigenvalue weighted by atomic mass is 10.1. The molecule has 0 unspecified atom stereocenters.